The molecule has 0 heterocycles. The maximum Gasteiger partial charge on any atom is 0.0126 e. The Morgan fingerprint density at radius 2 is 1.69 bits per heavy atom. The van der Waals surface area contributed by atoms with E-state index in [1.807, 2.05) is 0 Å². The molecule has 1 aliphatic carbocycles. The lowest BCUT2D eigenvalue weighted by Crippen LogP contribution is -2.59. The van der Waals surface area contributed by atoms with Gasteiger partial charge in [-0.25, -0.2) is 0 Å². The Hall–Kier alpha value is -0.0400. The summed E-state index contributed by atoms with van der Waals surface area (Å²) >= 11 is 0. The highest BCUT2D eigenvalue weighted by Crippen LogP contribution is 2.49. The van der Waals surface area contributed by atoms with E-state index in [1.54, 1.807) is 0 Å². The molecule has 2 atom stereocenters. The first kappa shape index (κ1) is 11.0. The maximum atomic E-state index is 3.65. The highest BCUT2D eigenvalue weighted by Gasteiger charge is 2.48. The summed E-state index contributed by atoms with van der Waals surface area (Å²) in [5, 5.41) is 3.65. The molecular formula is C12H25N. The van der Waals surface area contributed by atoms with Crippen LogP contribution < -0.4 is 5.32 Å². The fraction of sp³-hybridized carbons (Fsp3) is 1.00. The Morgan fingerprint density at radius 1 is 1.15 bits per heavy atom. The zero-order valence-electron chi connectivity index (χ0n) is 10.0. The second-order valence-corrected chi connectivity index (χ2v) is 5.78. The second kappa shape index (κ2) is 3.61. The maximum absolute atomic E-state index is 3.65. The lowest BCUT2D eigenvalue weighted by atomic mass is 9.55. The van der Waals surface area contributed by atoms with Crippen molar-refractivity contribution < 1.29 is 0 Å². The summed E-state index contributed by atoms with van der Waals surface area (Å²) in [6.07, 6.45) is 1.36. The van der Waals surface area contributed by atoms with Gasteiger partial charge in [-0.2, -0.15) is 0 Å². The quantitative estimate of drug-likeness (QED) is 0.709. The van der Waals surface area contributed by atoms with Gasteiger partial charge in [0.1, 0.15) is 0 Å². The number of rotatable bonds is 3. The van der Waals surface area contributed by atoms with Crippen LogP contribution in [0.5, 0.6) is 0 Å². The molecule has 0 aromatic carbocycles. The largest absolute Gasteiger partial charge is 0.311 e. The minimum atomic E-state index is 0.498. The monoisotopic (exact) mass is 183 g/mol. The van der Waals surface area contributed by atoms with Gasteiger partial charge in [0.05, 0.1) is 0 Å². The van der Waals surface area contributed by atoms with E-state index in [-0.39, 0.29) is 0 Å². The van der Waals surface area contributed by atoms with E-state index in [0.717, 1.165) is 17.9 Å². The summed E-state index contributed by atoms with van der Waals surface area (Å²) in [4.78, 5) is 0. The fourth-order valence-corrected chi connectivity index (χ4v) is 2.78. The second-order valence-electron chi connectivity index (χ2n) is 5.78. The molecule has 1 saturated carbocycles. The van der Waals surface area contributed by atoms with Crippen LogP contribution in [0, 0.1) is 17.3 Å². The Kier molecular flexibility index (Phi) is 3.06. The number of nitrogens with one attached hydrogen (secondary N) is 1. The van der Waals surface area contributed by atoms with Gasteiger partial charge in [0.2, 0.25) is 0 Å². The normalized spacial score (nSPS) is 32.3. The van der Waals surface area contributed by atoms with Crippen LogP contribution in [-0.2, 0) is 0 Å². The Morgan fingerprint density at radius 3 is 2.00 bits per heavy atom. The summed E-state index contributed by atoms with van der Waals surface area (Å²) < 4.78 is 0. The molecule has 0 saturated heterocycles. The first-order chi connectivity index (χ1) is 5.85. The van der Waals surface area contributed by atoms with Crippen LogP contribution in [0.25, 0.3) is 0 Å². The van der Waals surface area contributed by atoms with Gasteiger partial charge in [0, 0.05) is 12.1 Å². The zero-order valence-corrected chi connectivity index (χ0v) is 10.0. The summed E-state index contributed by atoms with van der Waals surface area (Å²) in [6, 6.07) is 1.36. The molecule has 1 heteroatoms. The van der Waals surface area contributed by atoms with E-state index < -0.39 is 0 Å². The molecule has 1 fully saturated rings. The molecule has 1 N–H and O–H groups in total. The van der Waals surface area contributed by atoms with E-state index >= 15 is 0 Å². The Labute approximate surface area is 83.3 Å². The van der Waals surface area contributed by atoms with Crippen molar-refractivity contribution >= 4 is 0 Å². The van der Waals surface area contributed by atoms with Crippen LogP contribution >= 0.6 is 0 Å². The zero-order chi connectivity index (χ0) is 10.2. The van der Waals surface area contributed by atoms with Gasteiger partial charge >= 0.3 is 0 Å². The molecular weight excluding hydrogens is 158 g/mol. The molecule has 0 radical (unpaired) electrons. The predicted octanol–water partition coefficient (Wildman–Crippen LogP) is 3.06. The third-order valence-corrected chi connectivity index (χ3v) is 3.68. The fourth-order valence-electron chi connectivity index (χ4n) is 2.78. The molecule has 1 rings (SSSR count). The van der Waals surface area contributed by atoms with Crippen LogP contribution in [0.4, 0.5) is 0 Å². The average molecular weight is 183 g/mol. The van der Waals surface area contributed by atoms with Gasteiger partial charge in [-0.1, -0.05) is 41.5 Å². The first-order valence-electron chi connectivity index (χ1n) is 5.61. The van der Waals surface area contributed by atoms with E-state index in [2.05, 4.69) is 46.9 Å². The van der Waals surface area contributed by atoms with Crippen molar-refractivity contribution in [3.05, 3.63) is 0 Å². The van der Waals surface area contributed by atoms with Crippen LogP contribution in [0.15, 0.2) is 0 Å². The van der Waals surface area contributed by atoms with Crippen molar-refractivity contribution in [3.8, 4) is 0 Å². The molecule has 0 aromatic heterocycles. The highest BCUT2D eigenvalue weighted by molar-refractivity contribution is 5.02. The molecule has 0 amide bonds. The third-order valence-electron chi connectivity index (χ3n) is 3.68. The van der Waals surface area contributed by atoms with Crippen molar-refractivity contribution in [1.82, 2.24) is 5.32 Å². The lowest BCUT2D eigenvalue weighted by Gasteiger charge is -2.55. The van der Waals surface area contributed by atoms with Crippen molar-refractivity contribution in [2.75, 3.05) is 0 Å². The van der Waals surface area contributed by atoms with Crippen molar-refractivity contribution in [2.24, 2.45) is 17.3 Å². The smallest absolute Gasteiger partial charge is 0.0126 e. The average Bonchev–Trinajstić information content (AvgIpc) is 1.96. The summed E-state index contributed by atoms with van der Waals surface area (Å²) in [6.45, 7) is 14.0. The topological polar surface area (TPSA) is 12.0 Å². The Bertz CT molecular complexity index is 170. The molecule has 13 heavy (non-hydrogen) atoms. The number of hydrogen-bond acceptors (Lipinski definition) is 1. The van der Waals surface area contributed by atoms with Gasteiger partial charge in [0.15, 0.2) is 0 Å². The van der Waals surface area contributed by atoms with Crippen molar-refractivity contribution in [1.29, 1.82) is 0 Å². The van der Waals surface area contributed by atoms with Crippen molar-refractivity contribution in [2.45, 2.75) is 60.0 Å². The first-order valence-corrected chi connectivity index (χ1v) is 5.61. The molecule has 0 aromatic rings. The lowest BCUT2D eigenvalue weighted by molar-refractivity contribution is -0.0204. The van der Waals surface area contributed by atoms with Crippen molar-refractivity contribution in [3.63, 3.8) is 0 Å². The minimum absolute atomic E-state index is 0.498. The van der Waals surface area contributed by atoms with E-state index in [4.69, 9.17) is 0 Å². The molecule has 0 bridgehead atoms. The van der Waals surface area contributed by atoms with E-state index in [1.165, 1.54) is 6.42 Å². The van der Waals surface area contributed by atoms with Gasteiger partial charge in [-0.15, -0.1) is 0 Å². The predicted molar refractivity (Wildman–Crippen MR) is 58.8 cm³/mol. The standard InChI is InChI=1S/C12H25N/c1-8(2)10-7-11(12(10,5)6)13-9(3)4/h8-11,13H,7H2,1-6H3. The van der Waals surface area contributed by atoms with E-state index in [9.17, 15) is 0 Å². The Balaban J connectivity index is 2.49. The van der Waals surface area contributed by atoms with Gasteiger partial charge in [-0.05, 0) is 23.7 Å². The molecule has 0 spiro atoms. The molecule has 2 unspecified atom stereocenters. The summed E-state index contributed by atoms with van der Waals surface area (Å²) in [5.74, 6) is 1.74. The van der Waals surface area contributed by atoms with Gasteiger partial charge in [0.25, 0.3) is 0 Å². The van der Waals surface area contributed by atoms with Crippen LogP contribution in [0.3, 0.4) is 0 Å². The SMILES string of the molecule is CC(C)NC1CC(C(C)C)C1(C)C. The minimum Gasteiger partial charge on any atom is -0.311 e. The molecule has 0 aliphatic heterocycles. The summed E-state index contributed by atoms with van der Waals surface area (Å²) in [5.41, 5.74) is 0.498. The van der Waals surface area contributed by atoms with Gasteiger partial charge < -0.3 is 5.32 Å². The number of hydrogen-bond donors (Lipinski definition) is 1. The molecule has 1 nitrogen and oxygen atoms in total. The van der Waals surface area contributed by atoms with Gasteiger partial charge in [-0.3, -0.25) is 0 Å². The van der Waals surface area contributed by atoms with Crippen LogP contribution in [0.1, 0.15) is 48.0 Å². The summed E-state index contributed by atoms with van der Waals surface area (Å²) in [7, 11) is 0. The van der Waals surface area contributed by atoms with E-state index in [0.29, 0.717) is 11.5 Å². The molecule has 78 valence electrons. The third kappa shape index (κ3) is 2.07. The molecule has 1 aliphatic rings. The highest BCUT2D eigenvalue weighted by atomic mass is 15.0. The van der Waals surface area contributed by atoms with Crippen LogP contribution in [0.2, 0.25) is 0 Å². The van der Waals surface area contributed by atoms with Crippen LogP contribution in [-0.4, -0.2) is 12.1 Å².